The first-order valence-electron chi connectivity index (χ1n) is 10.2. The zero-order valence-electron chi connectivity index (χ0n) is 17.0. The Morgan fingerprint density at radius 1 is 0.968 bits per heavy atom. The van der Waals surface area contributed by atoms with Gasteiger partial charge >= 0.3 is 0 Å². The minimum absolute atomic E-state index is 0.0549. The van der Waals surface area contributed by atoms with Crippen LogP contribution in [0.25, 0.3) is 0 Å². The van der Waals surface area contributed by atoms with Gasteiger partial charge in [-0.15, -0.1) is 0 Å². The lowest BCUT2D eigenvalue weighted by Crippen LogP contribution is -2.35. The normalized spacial score (nSPS) is 17.5. The van der Waals surface area contributed by atoms with E-state index in [2.05, 4.69) is 22.0 Å². The highest BCUT2D eigenvalue weighted by Gasteiger charge is 2.34. The van der Waals surface area contributed by atoms with E-state index in [4.69, 9.17) is 0 Å². The molecule has 7 heteroatoms. The van der Waals surface area contributed by atoms with Crippen molar-refractivity contribution >= 4 is 43.2 Å². The summed E-state index contributed by atoms with van der Waals surface area (Å²) in [5, 5.41) is 0. The number of fused-ring (bicyclic) bond motifs is 2. The van der Waals surface area contributed by atoms with Gasteiger partial charge in [0.2, 0.25) is 0 Å². The molecule has 0 saturated heterocycles. The van der Waals surface area contributed by atoms with Crippen molar-refractivity contribution in [2.24, 2.45) is 0 Å². The SMILES string of the molecule is C[C@@H]1Cc2cc(Br)ccc2N1C(=O)c1ccc2c(c1)CCN2S(=O)(=O)c1ccccc1. The third-order valence-electron chi connectivity index (χ3n) is 5.99. The number of benzene rings is 3. The Labute approximate surface area is 190 Å². The van der Waals surface area contributed by atoms with Crippen LogP contribution in [0.2, 0.25) is 0 Å². The number of carbonyl (C=O) groups is 1. The van der Waals surface area contributed by atoms with Crippen molar-refractivity contribution in [2.75, 3.05) is 15.7 Å². The van der Waals surface area contributed by atoms with E-state index in [1.165, 1.54) is 4.31 Å². The van der Waals surface area contributed by atoms with Gasteiger partial charge in [-0.25, -0.2) is 8.42 Å². The minimum Gasteiger partial charge on any atom is -0.305 e. The molecule has 0 aliphatic carbocycles. The lowest BCUT2D eigenvalue weighted by atomic mass is 10.1. The van der Waals surface area contributed by atoms with E-state index in [0.29, 0.717) is 24.2 Å². The van der Waals surface area contributed by atoms with E-state index in [-0.39, 0.29) is 16.8 Å². The zero-order chi connectivity index (χ0) is 21.8. The number of hydrogen-bond acceptors (Lipinski definition) is 3. The van der Waals surface area contributed by atoms with Gasteiger partial charge in [0.25, 0.3) is 15.9 Å². The lowest BCUT2D eigenvalue weighted by molar-refractivity contribution is 0.0981. The second-order valence-electron chi connectivity index (χ2n) is 7.99. The molecule has 0 bridgehead atoms. The molecule has 0 N–H and O–H groups in total. The summed E-state index contributed by atoms with van der Waals surface area (Å²) in [5.74, 6) is -0.0549. The van der Waals surface area contributed by atoms with Crippen LogP contribution < -0.4 is 9.21 Å². The maximum Gasteiger partial charge on any atom is 0.264 e. The van der Waals surface area contributed by atoms with Crippen LogP contribution in [0.1, 0.15) is 28.4 Å². The molecule has 1 amide bonds. The number of anilines is 2. The van der Waals surface area contributed by atoms with Crippen molar-refractivity contribution in [3.63, 3.8) is 0 Å². The molecule has 0 saturated carbocycles. The molecular formula is C24H21BrN2O3S. The summed E-state index contributed by atoms with van der Waals surface area (Å²) in [6, 6.07) is 19.9. The average Bonchev–Trinajstić information content (AvgIpc) is 3.33. The van der Waals surface area contributed by atoms with Crippen LogP contribution in [0.3, 0.4) is 0 Å². The van der Waals surface area contributed by atoms with E-state index >= 15 is 0 Å². The van der Waals surface area contributed by atoms with Crippen LogP contribution in [-0.2, 0) is 22.9 Å². The van der Waals surface area contributed by atoms with Crippen LogP contribution in [0.15, 0.2) is 76.1 Å². The van der Waals surface area contributed by atoms with Crippen LogP contribution in [-0.4, -0.2) is 26.9 Å². The van der Waals surface area contributed by atoms with E-state index in [9.17, 15) is 13.2 Å². The van der Waals surface area contributed by atoms with Gasteiger partial charge in [-0.2, -0.15) is 0 Å². The van der Waals surface area contributed by atoms with Gasteiger partial charge in [0.05, 0.1) is 10.6 Å². The molecule has 31 heavy (non-hydrogen) atoms. The average molecular weight is 497 g/mol. The predicted molar refractivity (Wildman–Crippen MR) is 125 cm³/mol. The molecule has 5 nitrogen and oxygen atoms in total. The Morgan fingerprint density at radius 3 is 2.48 bits per heavy atom. The number of carbonyl (C=O) groups excluding carboxylic acids is 1. The highest BCUT2D eigenvalue weighted by Crippen LogP contribution is 2.37. The number of amides is 1. The third-order valence-corrected chi connectivity index (χ3v) is 8.31. The van der Waals surface area contributed by atoms with Gasteiger partial charge < -0.3 is 4.90 Å². The second kappa shape index (κ2) is 7.50. The summed E-state index contributed by atoms with van der Waals surface area (Å²) in [7, 11) is -3.62. The smallest absolute Gasteiger partial charge is 0.264 e. The van der Waals surface area contributed by atoms with Crippen molar-refractivity contribution in [3.8, 4) is 0 Å². The van der Waals surface area contributed by atoms with Gasteiger partial charge in [-0.05, 0) is 79.4 Å². The summed E-state index contributed by atoms with van der Waals surface area (Å²) in [5.41, 5.74) is 4.21. The molecule has 1 atom stereocenters. The van der Waals surface area contributed by atoms with E-state index in [1.807, 2.05) is 30.0 Å². The second-order valence-corrected chi connectivity index (χ2v) is 10.8. The fourth-order valence-electron chi connectivity index (χ4n) is 4.52. The lowest BCUT2D eigenvalue weighted by Gasteiger charge is -2.23. The topological polar surface area (TPSA) is 57.7 Å². The molecule has 3 aromatic rings. The van der Waals surface area contributed by atoms with E-state index < -0.39 is 10.0 Å². The molecule has 0 radical (unpaired) electrons. The van der Waals surface area contributed by atoms with Crippen LogP contribution in [0, 0.1) is 0 Å². The van der Waals surface area contributed by atoms with Gasteiger partial charge in [-0.3, -0.25) is 9.10 Å². The Balaban J connectivity index is 1.47. The largest absolute Gasteiger partial charge is 0.305 e. The molecule has 2 heterocycles. The predicted octanol–water partition coefficient (Wildman–Crippen LogP) is 4.79. The van der Waals surface area contributed by atoms with Gasteiger partial charge in [0, 0.05) is 28.3 Å². The van der Waals surface area contributed by atoms with E-state index in [0.717, 1.165) is 27.7 Å². The molecule has 2 aliphatic rings. The standard InChI is InChI=1S/C24H21BrN2O3S/c1-16-13-19-15-20(25)8-10-23(19)27(16)24(28)18-7-9-22-17(14-18)11-12-26(22)31(29,30)21-5-3-2-4-6-21/h2-10,14-16H,11-13H2,1H3/t16-/m1/s1. The van der Waals surface area contributed by atoms with E-state index in [1.54, 1.807) is 42.5 Å². The minimum atomic E-state index is -3.62. The fourth-order valence-corrected chi connectivity index (χ4v) is 6.45. The monoisotopic (exact) mass is 496 g/mol. The molecule has 0 aromatic heterocycles. The molecule has 5 rings (SSSR count). The van der Waals surface area contributed by atoms with Crippen molar-refractivity contribution < 1.29 is 13.2 Å². The number of rotatable bonds is 3. The fraction of sp³-hybridized carbons (Fsp3) is 0.208. The quantitative estimate of drug-likeness (QED) is 0.523. The summed E-state index contributed by atoms with van der Waals surface area (Å²) >= 11 is 3.50. The number of hydrogen-bond donors (Lipinski definition) is 0. The maximum atomic E-state index is 13.4. The summed E-state index contributed by atoms with van der Waals surface area (Å²) in [6.45, 7) is 2.43. The van der Waals surface area contributed by atoms with Gasteiger partial charge in [0.1, 0.15) is 0 Å². The molecular weight excluding hydrogens is 476 g/mol. The Kier molecular flexibility index (Phi) is 4.90. The highest BCUT2D eigenvalue weighted by molar-refractivity contribution is 9.10. The van der Waals surface area contributed by atoms with Crippen molar-refractivity contribution in [1.29, 1.82) is 0 Å². The zero-order valence-corrected chi connectivity index (χ0v) is 19.4. The Bertz CT molecular complexity index is 1290. The molecule has 0 unspecified atom stereocenters. The van der Waals surface area contributed by atoms with Crippen LogP contribution in [0.4, 0.5) is 11.4 Å². The summed E-state index contributed by atoms with van der Waals surface area (Å²) in [6.07, 6.45) is 1.40. The maximum absolute atomic E-state index is 13.4. The van der Waals surface area contributed by atoms with Gasteiger partial charge in [-0.1, -0.05) is 34.1 Å². The van der Waals surface area contributed by atoms with Crippen LogP contribution in [0.5, 0.6) is 0 Å². The van der Waals surface area contributed by atoms with Crippen molar-refractivity contribution in [2.45, 2.75) is 30.7 Å². The first kappa shape index (κ1) is 20.3. The first-order chi connectivity index (χ1) is 14.9. The van der Waals surface area contributed by atoms with Gasteiger partial charge in [0.15, 0.2) is 0 Å². The molecule has 2 aliphatic heterocycles. The number of halogens is 1. The summed E-state index contributed by atoms with van der Waals surface area (Å²) < 4.78 is 28.6. The molecule has 0 fully saturated rings. The summed E-state index contributed by atoms with van der Waals surface area (Å²) in [4.78, 5) is 15.5. The van der Waals surface area contributed by atoms with Crippen molar-refractivity contribution in [1.82, 2.24) is 0 Å². The number of sulfonamides is 1. The Hall–Kier alpha value is -2.64. The first-order valence-corrected chi connectivity index (χ1v) is 12.4. The third kappa shape index (κ3) is 3.36. The molecule has 158 valence electrons. The Morgan fingerprint density at radius 2 is 1.71 bits per heavy atom. The van der Waals surface area contributed by atoms with Crippen LogP contribution >= 0.6 is 15.9 Å². The highest BCUT2D eigenvalue weighted by atomic mass is 79.9. The molecule has 3 aromatic carbocycles. The molecule has 0 spiro atoms. The van der Waals surface area contributed by atoms with Crippen molar-refractivity contribution in [3.05, 3.63) is 87.9 Å². The number of nitrogens with zero attached hydrogens (tertiary/aromatic N) is 2.